The maximum atomic E-state index is 11.0. The third-order valence-corrected chi connectivity index (χ3v) is 2.48. The van der Waals surface area contributed by atoms with E-state index < -0.39 is 10.9 Å². The lowest BCUT2D eigenvalue weighted by molar-refractivity contribution is -0.383. The molecule has 0 fully saturated rings. The minimum atomic E-state index is -1.17. The number of rotatable bonds is 3. The minimum absolute atomic E-state index is 0.0572. The Labute approximate surface area is 106 Å². The second-order valence-corrected chi connectivity index (χ2v) is 3.66. The summed E-state index contributed by atoms with van der Waals surface area (Å²) in [5, 5.41) is 29.3. The highest BCUT2D eigenvalue weighted by molar-refractivity contribution is 6.00. The lowest BCUT2D eigenvalue weighted by Gasteiger charge is -2.04. The highest BCUT2D eigenvalue weighted by Gasteiger charge is 2.17. The first-order valence-electron chi connectivity index (χ1n) is 5.17. The molecule has 7 heteroatoms. The summed E-state index contributed by atoms with van der Waals surface area (Å²) in [4.78, 5) is 24.7. The van der Waals surface area contributed by atoms with E-state index in [2.05, 4.69) is 4.98 Å². The second kappa shape index (κ2) is 4.73. The van der Waals surface area contributed by atoms with Gasteiger partial charge in [-0.05, 0) is 23.8 Å². The lowest BCUT2D eigenvalue weighted by Crippen LogP contribution is -1.93. The van der Waals surface area contributed by atoms with Crippen LogP contribution in [-0.2, 0) is 4.79 Å². The maximum Gasteiger partial charge on any atom is 0.328 e. The number of hydrogen-bond donors (Lipinski definition) is 2. The van der Waals surface area contributed by atoms with Gasteiger partial charge in [0.25, 0.3) is 5.69 Å². The first kappa shape index (κ1) is 12.5. The zero-order chi connectivity index (χ0) is 14.0. The van der Waals surface area contributed by atoms with Crippen LogP contribution in [0.25, 0.3) is 17.0 Å². The van der Waals surface area contributed by atoms with Gasteiger partial charge in [0.15, 0.2) is 0 Å². The molecular weight excluding hydrogens is 252 g/mol. The van der Waals surface area contributed by atoms with Crippen LogP contribution in [0.15, 0.2) is 30.5 Å². The summed E-state index contributed by atoms with van der Waals surface area (Å²) in [6.07, 6.45) is 3.43. The summed E-state index contributed by atoms with van der Waals surface area (Å²) >= 11 is 0. The van der Waals surface area contributed by atoms with Gasteiger partial charge in [-0.15, -0.1) is 0 Å². The van der Waals surface area contributed by atoms with Gasteiger partial charge in [-0.1, -0.05) is 0 Å². The number of nitro groups is 1. The van der Waals surface area contributed by atoms with Crippen LogP contribution in [0.1, 0.15) is 5.56 Å². The Balaban J connectivity index is 2.81. The van der Waals surface area contributed by atoms with E-state index in [0.29, 0.717) is 5.56 Å². The highest BCUT2D eigenvalue weighted by atomic mass is 16.6. The summed E-state index contributed by atoms with van der Waals surface area (Å²) in [7, 11) is 0. The second-order valence-electron chi connectivity index (χ2n) is 3.66. The van der Waals surface area contributed by atoms with Crippen molar-refractivity contribution in [2.45, 2.75) is 0 Å². The summed E-state index contributed by atoms with van der Waals surface area (Å²) in [5.74, 6) is -1.38. The van der Waals surface area contributed by atoms with E-state index >= 15 is 0 Å². The van der Waals surface area contributed by atoms with E-state index in [4.69, 9.17) is 5.11 Å². The summed E-state index contributed by atoms with van der Waals surface area (Å²) in [5.41, 5.74) is 0.114. The SMILES string of the molecule is O=C(O)/C=C/c1ccnc2c(O)ccc([N+](=O)[O-])c12. The van der Waals surface area contributed by atoms with Crippen molar-refractivity contribution in [1.82, 2.24) is 4.98 Å². The van der Waals surface area contributed by atoms with E-state index in [1.807, 2.05) is 0 Å². The number of aliphatic carboxylic acids is 1. The molecule has 7 nitrogen and oxygen atoms in total. The van der Waals surface area contributed by atoms with Crippen molar-refractivity contribution in [3.63, 3.8) is 0 Å². The Morgan fingerprint density at radius 3 is 2.74 bits per heavy atom. The lowest BCUT2D eigenvalue weighted by atomic mass is 10.1. The van der Waals surface area contributed by atoms with Crippen molar-refractivity contribution in [1.29, 1.82) is 0 Å². The molecule has 0 saturated heterocycles. The van der Waals surface area contributed by atoms with Crippen LogP contribution in [0.4, 0.5) is 5.69 Å². The van der Waals surface area contributed by atoms with Crippen LogP contribution in [0, 0.1) is 10.1 Å². The molecule has 0 radical (unpaired) electrons. The molecule has 1 aromatic heterocycles. The number of phenolic OH excluding ortho intramolecular Hbond substituents is 1. The molecule has 96 valence electrons. The maximum absolute atomic E-state index is 11.0. The monoisotopic (exact) mass is 260 g/mol. The average molecular weight is 260 g/mol. The largest absolute Gasteiger partial charge is 0.506 e. The van der Waals surface area contributed by atoms with Gasteiger partial charge < -0.3 is 10.2 Å². The van der Waals surface area contributed by atoms with E-state index in [1.165, 1.54) is 24.4 Å². The van der Waals surface area contributed by atoms with Gasteiger partial charge in [-0.2, -0.15) is 0 Å². The number of carbonyl (C=O) groups is 1. The molecule has 0 amide bonds. The van der Waals surface area contributed by atoms with E-state index in [9.17, 15) is 20.0 Å². The average Bonchev–Trinajstić information content (AvgIpc) is 2.36. The van der Waals surface area contributed by atoms with Gasteiger partial charge in [0.2, 0.25) is 0 Å². The van der Waals surface area contributed by atoms with E-state index in [0.717, 1.165) is 12.1 Å². The number of benzene rings is 1. The Bertz CT molecular complexity index is 709. The molecule has 0 unspecified atom stereocenters. The first-order valence-corrected chi connectivity index (χ1v) is 5.17. The van der Waals surface area contributed by atoms with Crippen molar-refractivity contribution >= 4 is 28.6 Å². The molecule has 0 aliphatic heterocycles. The van der Waals surface area contributed by atoms with Gasteiger partial charge in [0.1, 0.15) is 11.3 Å². The van der Waals surface area contributed by atoms with Crippen molar-refractivity contribution in [3.05, 3.63) is 46.1 Å². The minimum Gasteiger partial charge on any atom is -0.506 e. The van der Waals surface area contributed by atoms with Gasteiger partial charge in [-0.3, -0.25) is 15.1 Å². The third-order valence-electron chi connectivity index (χ3n) is 2.48. The van der Waals surface area contributed by atoms with Crippen molar-refractivity contribution < 1.29 is 19.9 Å². The molecule has 2 rings (SSSR count). The fraction of sp³-hybridized carbons (Fsp3) is 0. The molecule has 0 atom stereocenters. The van der Waals surface area contributed by atoms with Crippen LogP contribution in [0.5, 0.6) is 5.75 Å². The number of carboxylic acid groups (broad SMARTS) is 1. The first-order chi connectivity index (χ1) is 9.00. The number of pyridine rings is 1. The zero-order valence-corrected chi connectivity index (χ0v) is 9.48. The predicted molar refractivity (Wildman–Crippen MR) is 66.7 cm³/mol. The zero-order valence-electron chi connectivity index (χ0n) is 9.48. The number of hydrogen-bond acceptors (Lipinski definition) is 5. The molecule has 0 spiro atoms. The molecule has 2 aromatic rings. The van der Waals surface area contributed by atoms with Crippen molar-refractivity contribution in [2.75, 3.05) is 0 Å². The number of carboxylic acids is 1. The molecule has 19 heavy (non-hydrogen) atoms. The van der Waals surface area contributed by atoms with Gasteiger partial charge in [0, 0.05) is 18.3 Å². The van der Waals surface area contributed by atoms with Crippen LogP contribution in [0.2, 0.25) is 0 Å². The van der Waals surface area contributed by atoms with Crippen molar-refractivity contribution in [2.24, 2.45) is 0 Å². The number of aromatic hydroxyl groups is 1. The molecule has 0 aliphatic rings. The normalized spacial score (nSPS) is 10.9. The van der Waals surface area contributed by atoms with Crippen LogP contribution in [-0.4, -0.2) is 26.1 Å². The van der Waals surface area contributed by atoms with Crippen LogP contribution < -0.4 is 0 Å². The molecule has 1 aromatic carbocycles. The predicted octanol–water partition coefficient (Wildman–Crippen LogP) is 1.95. The van der Waals surface area contributed by atoms with Crippen LogP contribution >= 0.6 is 0 Å². The molecule has 0 saturated carbocycles. The molecule has 0 aliphatic carbocycles. The molecule has 0 bridgehead atoms. The van der Waals surface area contributed by atoms with Gasteiger partial charge in [-0.25, -0.2) is 4.79 Å². The summed E-state index contributed by atoms with van der Waals surface area (Å²) in [6, 6.07) is 3.77. The Kier molecular flexibility index (Phi) is 3.11. The molecular formula is C12H8N2O5. The number of fused-ring (bicyclic) bond motifs is 1. The number of aromatic nitrogens is 1. The van der Waals surface area contributed by atoms with E-state index in [1.54, 1.807) is 0 Å². The van der Waals surface area contributed by atoms with Gasteiger partial charge >= 0.3 is 5.97 Å². The topological polar surface area (TPSA) is 114 Å². The Hall–Kier alpha value is -2.96. The van der Waals surface area contributed by atoms with Gasteiger partial charge in [0.05, 0.1) is 10.3 Å². The fourth-order valence-corrected chi connectivity index (χ4v) is 1.71. The number of phenols is 1. The van der Waals surface area contributed by atoms with E-state index in [-0.39, 0.29) is 22.3 Å². The smallest absolute Gasteiger partial charge is 0.328 e. The summed E-state index contributed by atoms with van der Waals surface area (Å²) in [6.45, 7) is 0. The quantitative estimate of drug-likeness (QED) is 0.495. The Morgan fingerprint density at radius 1 is 1.37 bits per heavy atom. The van der Waals surface area contributed by atoms with Crippen LogP contribution in [0.3, 0.4) is 0 Å². The number of nitrogens with zero attached hydrogens (tertiary/aromatic N) is 2. The molecule has 2 N–H and O–H groups in total. The fourth-order valence-electron chi connectivity index (χ4n) is 1.71. The summed E-state index contributed by atoms with van der Waals surface area (Å²) < 4.78 is 0. The Morgan fingerprint density at radius 2 is 2.11 bits per heavy atom. The third kappa shape index (κ3) is 2.34. The number of nitro benzene ring substituents is 1. The number of non-ortho nitro benzene ring substituents is 1. The highest BCUT2D eigenvalue weighted by Crippen LogP contribution is 2.33. The van der Waals surface area contributed by atoms with Crippen molar-refractivity contribution in [3.8, 4) is 5.75 Å². The standard InChI is InChI=1S/C12H8N2O5/c15-9-3-2-8(14(18)19)11-7(1-4-10(16)17)5-6-13-12(9)11/h1-6,15H,(H,16,17)/b4-1+. The molecule has 1 heterocycles.